The van der Waals surface area contributed by atoms with Crippen molar-refractivity contribution in [2.24, 2.45) is 0 Å². The SMILES string of the molecule is Cc1cc(S(=O)(=O)F)ccc1C=O. The zero-order valence-electron chi connectivity index (χ0n) is 6.82. The van der Waals surface area contributed by atoms with Crippen LogP contribution < -0.4 is 0 Å². The van der Waals surface area contributed by atoms with E-state index < -0.39 is 15.1 Å². The maximum atomic E-state index is 12.4. The van der Waals surface area contributed by atoms with Gasteiger partial charge in [0.15, 0.2) is 0 Å². The topological polar surface area (TPSA) is 51.2 Å². The Hall–Kier alpha value is -1.23. The molecule has 0 aliphatic carbocycles. The Morgan fingerprint density at radius 3 is 2.38 bits per heavy atom. The van der Waals surface area contributed by atoms with Crippen molar-refractivity contribution < 1.29 is 17.1 Å². The van der Waals surface area contributed by atoms with Gasteiger partial charge in [-0.25, -0.2) is 0 Å². The van der Waals surface area contributed by atoms with Crippen molar-refractivity contribution in [3.8, 4) is 0 Å². The minimum atomic E-state index is -4.67. The summed E-state index contributed by atoms with van der Waals surface area (Å²) in [6, 6.07) is 3.46. The molecule has 0 fully saturated rings. The van der Waals surface area contributed by atoms with Gasteiger partial charge in [0.1, 0.15) is 6.29 Å². The van der Waals surface area contributed by atoms with E-state index in [0.717, 1.165) is 12.1 Å². The third-order valence-corrected chi connectivity index (χ3v) is 2.47. The number of halogens is 1. The Morgan fingerprint density at radius 2 is 2.00 bits per heavy atom. The molecule has 0 aromatic heterocycles. The predicted molar refractivity (Wildman–Crippen MR) is 44.9 cm³/mol. The molecule has 1 aromatic rings. The molecule has 0 heterocycles. The van der Waals surface area contributed by atoms with Crippen LogP contribution in [0.25, 0.3) is 0 Å². The van der Waals surface area contributed by atoms with Crippen LogP contribution in [0.4, 0.5) is 3.89 Å². The molecule has 0 bridgehead atoms. The molecule has 0 radical (unpaired) electrons. The Bertz CT molecular complexity index is 437. The number of aryl methyl sites for hydroxylation is 1. The van der Waals surface area contributed by atoms with Gasteiger partial charge < -0.3 is 0 Å². The van der Waals surface area contributed by atoms with E-state index in [1.54, 1.807) is 6.92 Å². The Balaban J connectivity index is 3.34. The Labute approximate surface area is 75.4 Å². The minimum absolute atomic E-state index is 0.354. The maximum absolute atomic E-state index is 12.4. The highest BCUT2D eigenvalue weighted by Crippen LogP contribution is 2.15. The summed E-state index contributed by atoms with van der Waals surface area (Å²) in [6.45, 7) is 1.54. The monoisotopic (exact) mass is 202 g/mol. The van der Waals surface area contributed by atoms with E-state index in [2.05, 4.69) is 0 Å². The van der Waals surface area contributed by atoms with Crippen molar-refractivity contribution in [2.45, 2.75) is 11.8 Å². The normalized spacial score (nSPS) is 11.2. The molecular formula is C8H7FO3S. The van der Waals surface area contributed by atoms with E-state index in [4.69, 9.17) is 0 Å². The van der Waals surface area contributed by atoms with Crippen molar-refractivity contribution in [1.29, 1.82) is 0 Å². The molecule has 1 aromatic carbocycles. The van der Waals surface area contributed by atoms with Gasteiger partial charge in [-0.05, 0) is 24.6 Å². The van der Waals surface area contributed by atoms with Crippen molar-refractivity contribution in [1.82, 2.24) is 0 Å². The zero-order chi connectivity index (χ0) is 10.1. The summed E-state index contributed by atoms with van der Waals surface area (Å²) < 4.78 is 33.3. The highest BCUT2D eigenvalue weighted by molar-refractivity contribution is 7.86. The predicted octanol–water partition coefficient (Wildman–Crippen LogP) is 1.47. The molecule has 0 amide bonds. The number of carbonyl (C=O) groups is 1. The summed E-state index contributed by atoms with van der Waals surface area (Å²) in [5.74, 6) is 0. The molecule has 0 spiro atoms. The van der Waals surface area contributed by atoms with E-state index >= 15 is 0 Å². The van der Waals surface area contributed by atoms with Gasteiger partial charge in [0, 0.05) is 5.56 Å². The first-order valence-electron chi connectivity index (χ1n) is 3.45. The van der Waals surface area contributed by atoms with Gasteiger partial charge in [-0.1, -0.05) is 6.07 Å². The maximum Gasteiger partial charge on any atom is 0.332 e. The first kappa shape index (κ1) is 9.85. The molecule has 0 saturated heterocycles. The highest BCUT2D eigenvalue weighted by Gasteiger charge is 2.12. The van der Waals surface area contributed by atoms with Gasteiger partial charge >= 0.3 is 10.2 Å². The van der Waals surface area contributed by atoms with E-state index in [0.29, 0.717) is 17.4 Å². The lowest BCUT2D eigenvalue weighted by molar-refractivity contribution is 0.112. The minimum Gasteiger partial charge on any atom is -0.298 e. The van der Waals surface area contributed by atoms with Crippen molar-refractivity contribution in [3.63, 3.8) is 0 Å². The lowest BCUT2D eigenvalue weighted by atomic mass is 10.1. The molecule has 13 heavy (non-hydrogen) atoms. The number of rotatable bonds is 2. The smallest absolute Gasteiger partial charge is 0.298 e. The molecule has 70 valence electrons. The number of carbonyl (C=O) groups excluding carboxylic acids is 1. The number of benzene rings is 1. The molecule has 0 aliphatic heterocycles. The fourth-order valence-corrected chi connectivity index (χ4v) is 1.48. The van der Waals surface area contributed by atoms with Crippen molar-refractivity contribution >= 4 is 16.5 Å². The van der Waals surface area contributed by atoms with Crippen LogP contribution in [0.3, 0.4) is 0 Å². The number of aldehydes is 1. The van der Waals surface area contributed by atoms with Crippen LogP contribution in [0.5, 0.6) is 0 Å². The summed E-state index contributed by atoms with van der Waals surface area (Å²) in [5, 5.41) is 0. The Morgan fingerprint density at radius 1 is 1.38 bits per heavy atom. The Kier molecular flexibility index (Phi) is 2.47. The van der Waals surface area contributed by atoms with E-state index in [-0.39, 0.29) is 0 Å². The molecule has 0 saturated carbocycles. The van der Waals surface area contributed by atoms with E-state index in [1.165, 1.54) is 6.07 Å². The quantitative estimate of drug-likeness (QED) is 0.539. The largest absolute Gasteiger partial charge is 0.332 e. The molecule has 0 atom stereocenters. The second kappa shape index (κ2) is 3.26. The second-order valence-corrected chi connectivity index (χ2v) is 3.92. The van der Waals surface area contributed by atoms with E-state index in [9.17, 15) is 17.1 Å². The second-order valence-electron chi connectivity index (χ2n) is 2.57. The zero-order valence-corrected chi connectivity index (χ0v) is 7.64. The molecule has 0 N–H and O–H groups in total. The molecule has 0 unspecified atom stereocenters. The van der Waals surface area contributed by atoms with E-state index in [1.807, 2.05) is 0 Å². The van der Waals surface area contributed by atoms with Gasteiger partial charge in [-0.15, -0.1) is 3.89 Å². The lowest BCUT2D eigenvalue weighted by Gasteiger charge is -1.99. The molecule has 5 heteroatoms. The van der Waals surface area contributed by atoms with Crippen molar-refractivity contribution in [2.75, 3.05) is 0 Å². The van der Waals surface area contributed by atoms with Crippen LogP contribution in [0, 0.1) is 6.92 Å². The van der Waals surface area contributed by atoms with Crippen LogP contribution in [-0.4, -0.2) is 14.7 Å². The fourth-order valence-electron chi connectivity index (χ4n) is 0.932. The third kappa shape index (κ3) is 2.12. The summed E-state index contributed by atoms with van der Waals surface area (Å²) >= 11 is 0. The standard InChI is InChI=1S/C8H7FO3S/c1-6-4-8(13(9,11)12)3-2-7(6)5-10/h2-5H,1H3. The van der Waals surface area contributed by atoms with Crippen LogP contribution in [-0.2, 0) is 10.2 Å². The number of hydrogen-bond donors (Lipinski definition) is 0. The highest BCUT2D eigenvalue weighted by atomic mass is 32.3. The summed E-state index contributed by atoms with van der Waals surface area (Å²) in [5.41, 5.74) is 0.793. The fraction of sp³-hybridized carbons (Fsp3) is 0.125. The van der Waals surface area contributed by atoms with Gasteiger partial charge in [0.05, 0.1) is 4.90 Å². The third-order valence-electron chi connectivity index (χ3n) is 1.65. The van der Waals surface area contributed by atoms with Crippen LogP contribution in [0.2, 0.25) is 0 Å². The average molecular weight is 202 g/mol. The summed E-state index contributed by atoms with van der Waals surface area (Å²) in [4.78, 5) is 9.92. The summed E-state index contributed by atoms with van der Waals surface area (Å²) in [7, 11) is -4.67. The average Bonchev–Trinajstić information content (AvgIpc) is 2.02. The van der Waals surface area contributed by atoms with Gasteiger partial charge in [0.25, 0.3) is 0 Å². The lowest BCUT2D eigenvalue weighted by Crippen LogP contribution is -1.94. The van der Waals surface area contributed by atoms with Crippen LogP contribution in [0.15, 0.2) is 23.1 Å². The molecular weight excluding hydrogens is 195 g/mol. The van der Waals surface area contributed by atoms with Crippen molar-refractivity contribution in [3.05, 3.63) is 29.3 Å². The first-order valence-corrected chi connectivity index (χ1v) is 4.84. The summed E-state index contributed by atoms with van der Waals surface area (Å²) in [6.07, 6.45) is 0.587. The van der Waals surface area contributed by atoms with Gasteiger partial charge in [-0.3, -0.25) is 4.79 Å². The number of hydrogen-bond acceptors (Lipinski definition) is 3. The van der Waals surface area contributed by atoms with Crippen LogP contribution in [0.1, 0.15) is 15.9 Å². The molecule has 3 nitrogen and oxygen atoms in total. The van der Waals surface area contributed by atoms with Gasteiger partial charge in [-0.2, -0.15) is 8.42 Å². The van der Waals surface area contributed by atoms with Gasteiger partial charge in [0.2, 0.25) is 0 Å². The molecule has 1 rings (SSSR count). The molecule has 0 aliphatic rings. The first-order chi connectivity index (χ1) is 5.95. The van der Waals surface area contributed by atoms with Crippen LogP contribution >= 0.6 is 0 Å².